The Labute approximate surface area is 191 Å². The van der Waals surface area contributed by atoms with Gasteiger partial charge in [-0.25, -0.2) is 4.79 Å². The zero-order chi connectivity index (χ0) is 23.1. The van der Waals surface area contributed by atoms with Gasteiger partial charge in [0.2, 0.25) is 11.8 Å². The van der Waals surface area contributed by atoms with Crippen LogP contribution in [0.1, 0.15) is 30.9 Å². The zero-order valence-corrected chi connectivity index (χ0v) is 18.9. The first-order chi connectivity index (χ1) is 16.0. The van der Waals surface area contributed by atoms with E-state index in [1.807, 2.05) is 58.9 Å². The second kappa shape index (κ2) is 8.42. The number of ether oxygens (including phenoxy) is 1. The van der Waals surface area contributed by atoms with Crippen LogP contribution in [0.2, 0.25) is 0 Å². The number of hydrogen-bond donors (Lipinski definition) is 1. The lowest BCUT2D eigenvalue weighted by Crippen LogP contribution is -2.43. The maximum atomic E-state index is 13.3. The van der Waals surface area contributed by atoms with Crippen LogP contribution in [0, 0.1) is 12.8 Å². The number of aryl methyl sites for hydroxylation is 1. The van der Waals surface area contributed by atoms with Gasteiger partial charge in [0.25, 0.3) is 0 Å². The molecule has 8 nitrogen and oxygen atoms in total. The fourth-order valence-corrected chi connectivity index (χ4v) is 5.16. The topological polar surface area (TPSA) is 87.6 Å². The number of fused-ring (bicyclic) bond motifs is 1. The number of piperidine rings is 1. The van der Waals surface area contributed by atoms with E-state index >= 15 is 0 Å². The highest BCUT2D eigenvalue weighted by Gasteiger charge is 2.39. The molecule has 2 aliphatic rings. The quantitative estimate of drug-likeness (QED) is 0.665. The van der Waals surface area contributed by atoms with E-state index in [-0.39, 0.29) is 35.9 Å². The van der Waals surface area contributed by atoms with Crippen LogP contribution in [0.25, 0.3) is 11.0 Å². The number of nitrogens with one attached hydrogen (secondary N) is 1. The van der Waals surface area contributed by atoms with E-state index in [0.717, 1.165) is 22.3 Å². The van der Waals surface area contributed by atoms with Crippen molar-refractivity contribution in [3.05, 3.63) is 58.5 Å². The van der Waals surface area contributed by atoms with Crippen LogP contribution in [0.4, 0.5) is 5.69 Å². The van der Waals surface area contributed by atoms with Gasteiger partial charge in [-0.05, 0) is 49.6 Å². The number of anilines is 1. The van der Waals surface area contributed by atoms with Gasteiger partial charge in [0, 0.05) is 32.1 Å². The number of para-hydroxylation sites is 2. The normalized spacial score (nSPS) is 19.5. The van der Waals surface area contributed by atoms with Crippen LogP contribution in [-0.4, -0.2) is 53.0 Å². The molecule has 172 valence electrons. The molecule has 0 radical (unpaired) electrons. The Balaban J connectivity index is 1.27. The Bertz CT molecular complexity index is 1270. The summed E-state index contributed by atoms with van der Waals surface area (Å²) in [7, 11) is 1.58. The lowest BCUT2D eigenvalue weighted by atomic mass is 10.0. The van der Waals surface area contributed by atoms with E-state index in [1.54, 1.807) is 12.0 Å². The Morgan fingerprint density at radius 2 is 1.85 bits per heavy atom. The van der Waals surface area contributed by atoms with Crippen molar-refractivity contribution in [1.29, 1.82) is 0 Å². The van der Waals surface area contributed by atoms with Crippen LogP contribution in [0.5, 0.6) is 5.75 Å². The van der Waals surface area contributed by atoms with Gasteiger partial charge in [0.15, 0.2) is 0 Å². The molecule has 2 fully saturated rings. The molecule has 8 heteroatoms. The van der Waals surface area contributed by atoms with E-state index in [4.69, 9.17) is 4.74 Å². The molecule has 3 aromatic rings. The average Bonchev–Trinajstić information content (AvgIpc) is 3.37. The predicted octanol–water partition coefficient (Wildman–Crippen LogP) is 2.86. The molecule has 1 atom stereocenters. The zero-order valence-electron chi connectivity index (χ0n) is 18.9. The van der Waals surface area contributed by atoms with Crippen LogP contribution < -0.4 is 15.3 Å². The molecule has 1 N–H and O–H groups in total. The molecule has 0 spiro atoms. The van der Waals surface area contributed by atoms with Crippen molar-refractivity contribution < 1.29 is 14.3 Å². The lowest BCUT2D eigenvalue weighted by Gasteiger charge is -2.34. The number of likely N-dealkylation sites (tertiary alicyclic amines) is 1. The summed E-state index contributed by atoms with van der Waals surface area (Å²) in [5.41, 5.74) is 3.37. The molecule has 0 unspecified atom stereocenters. The van der Waals surface area contributed by atoms with Crippen molar-refractivity contribution >= 4 is 28.5 Å². The summed E-state index contributed by atoms with van der Waals surface area (Å²) < 4.78 is 7.26. The van der Waals surface area contributed by atoms with E-state index in [9.17, 15) is 14.4 Å². The number of nitrogens with zero attached hydrogens (tertiary/aromatic N) is 3. The van der Waals surface area contributed by atoms with Gasteiger partial charge in [-0.2, -0.15) is 0 Å². The summed E-state index contributed by atoms with van der Waals surface area (Å²) in [5, 5.41) is 0. The van der Waals surface area contributed by atoms with E-state index in [0.29, 0.717) is 38.2 Å². The number of carbonyl (C=O) groups excluding carboxylic acids is 2. The van der Waals surface area contributed by atoms with Crippen molar-refractivity contribution in [3.8, 4) is 5.75 Å². The summed E-state index contributed by atoms with van der Waals surface area (Å²) in [6, 6.07) is 13.4. The third-order valence-electron chi connectivity index (χ3n) is 6.86. The second-order valence-electron chi connectivity index (χ2n) is 8.95. The number of amides is 2. The number of H-pyrrole nitrogens is 1. The Kier molecular flexibility index (Phi) is 5.44. The van der Waals surface area contributed by atoms with Crippen molar-refractivity contribution in [2.24, 2.45) is 5.92 Å². The number of rotatable bonds is 4. The smallest absolute Gasteiger partial charge is 0.326 e. The number of hydrogen-bond acceptors (Lipinski definition) is 4. The standard InChI is InChI=1S/C25H28N4O4/c1-16-7-8-22(33-2)21(13-16)28-15-17(14-23(28)30)24(31)27-11-9-18(10-12-27)29-20-6-4-3-5-19(20)26-25(29)32/h3-8,13,17-18H,9-12,14-15H2,1-2H3,(H,26,32)/t17-/m1/s1. The first-order valence-electron chi connectivity index (χ1n) is 11.4. The summed E-state index contributed by atoms with van der Waals surface area (Å²) >= 11 is 0. The minimum atomic E-state index is -0.366. The van der Waals surface area contributed by atoms with Crippen LogP contribution in [0.3, 0.4) is 0 Å². The first-order valence-corrected chi connectivity index (χ1v) is 11.4. The average molecular weight is 449 g/mol. The van der Waals surface area contributed by atoms with Crippen LogP contribution >= 0.6 is 0 Å². The van der Waals surface area contributed by atoms with Crippen molar-refractivity contribution in [2.75, 3.05) is 31.6 Å². The molecule has 3 heterocycles. The minimum Gasteiger partial charge on any atom is -0.495 e. The molecule has 2 amide bonds. The predicted molar refractivity (Wildman–Crippen MR) is 126 cm³/mol. The van der Waals surface area contributed by atoms with Gasteiger partial charge in [-0.15, -0.1) is 0 Å². The summed E-state index contributed by atoms with van der Waals surface area (Å²) in [6.07, 6.45) is 1.63. The fraction of sp³-hybridized carbons (Fsp3) is 0.400. The fourth-order valence-electron chi connectivity index (χ4n) is 5.16. The second-order valence-corrected chi connectivity index (χ2v) is 8.95. The van der Waals surface area contributed by atoms with Gasteiger partial charge in [-0.3, -0.25) is 14.2 Å². The summed E-state index contributed by atoms with van der Waals surface area (Å²) in [5.74, 6) is 0.224. The molecular formula is C25H28N4O4. The van der Waals surface area contributed by atoms with E-state index in [1.165, 1.54) is 0 Å². The molecule has 2 aliphatic heterocycles. The van der Waals surface area contributed by atoms with Crippen molar-refractivity contribution in [3.63, 3.8) is 0 Å². The Hall–Kier alpha value is -3.55. The first kappa shape index (κ1) is 21.3. The molecule has 5 rings (SSSR count). The molecule has 1 aromatic heterocycles. The number of imidazole rings is 1. The largest absolute Gasteiger partial charge is 0.495 e. The highest BCUT2D eigenvalue weighted by Crippen LogP contribution is 2.35. The molecule has 0 bridgehead atoms. The SMILES string of the molecule is COc1ccc(C)cc1N1C[C@H](C(=O)N2CCC(n3c(=O)[nH]c4ccccc43)CC2)CC1=O. The van der Waals surface area contributed by atoms with E-state index < -0.39 is 0 Å². The van der Waals surface area contributed by atoms with E-state index in [2.05, 4.69) is 4.98 Å². The van der Waals surface area contributed by atoms with Crippen molar-refractivity contribution in [1.82, 2.24) is 14.5 Å². The summed E-state index contributed by atoms with van der Waals surface area (Å²) in [6.45, 7) is 3.48. The minimum absolute atomic E-state index is 0.0159. The number of carbonyl (C=O) groups is 2. The van der Waals surface area contributed by atoms with Crippen LogP contribution in [-0.2, 0) is 9.59 Å². The number of aromatic amines is 1. The lowest BCUT2D eigenvalue weighted by molar-refractivity contribution is -0.137. The number of aromatic nitrogens is 2. The molecule has 33 heavy (non-hydrogen) atoms. The maximum absolute atomic E-state index is 13.3. The van der Waals surface area contributed by atoms with Gasteiger partial charge in [-0.1, -0.05) is 18.2 Å². The summed E-state index contributed by atoms with van der Waals surface area (Å²) in [4.78, 5) is 45.0. The van der Waals surface area contributed by atoms with Gasteiger partial charge < -0.3 is 19.5 Å². The molecule has 2 aromatic carbocycles. The maximum Gasteiger partial charge on any atom is 0.326 e. The van der Waals surface area contributed by atoms with Gasteiger partial charge >= 0.3 is 5.69 Å². The molecule has 0 aliphatic carbocycles. The third-order valence-corrected chi connectivity index (χ3v) is 6.86. The Morgan fingerprint density at radius 1 is 1.09 bits per heavy atom. The van der Waals surface area contributed by atoms with Crippen molar-refractivity contribution in [2.45, 2.75) is 32.2 Å². The molecular weight excluding hydrogens is 420 g/mol. The van der Waals surface area contributed by atoms with Gasteiger partial charge in [0.05, 0.1) is 29.7 Å². The monoisotopic (exact) mass is 448 g/mol. The highest BCUT2D eigenvalue weighted by atomic mass is 16.5. The number of methoxy groups -OCH3 is 1. The van der Waals surface area contributed by atoms with Crippen LogP contribution in [0.15, 0.2) is 47.3 Å². The molecule has 0 saturated carbocycles. The van der Waals surface area contributed by atoms with Gasteiger partial charge in [0.1, 0.15) is 5.75 Å². The Morgan fingerprint density at radius 3 is 2.61 bits per heavy atom. The highest BCUT2D eigenvalue weighted by molar-refractivity contribution is 6.01. The number of benzene rings is 2. The third kappa shape index (κ3) is 3.79. The molecule has 2 saturated heterocycles.